The lowest BCUT2D eigenvalue weighted by atomic mass is 10.1. The number of ether oxygens (including phenoxy) is 2. The zero-order chi connectivity index (χ0) is 22.5. The largest absolute Gasteiger partial charge is 0.493 e. The molecule has 0 radical (unpaired) electrons. The standard InChI is InChI=1S/C24H26ClN3O3S/c1-30-21-8-3-17(13-22(21)31-2)14-24(29)28-11-9-27(10-12-28)15-23-26-20(16-32-23)18-4-6-19(25)7-5-18/h3-8,13,16H,9-12,14-15H2,1-2H3. The highest BCUT2D eigenvalue weighted by Crippen LogP contribution is 2.28. The molecule has 2 heterocycles. The SMILES string of the molecule is COc1ccc(CC(=O)N2CCN(Cc3nc(-c4ccc(Cl)cc4)cs3)CC2)cc1OC. The van der Waals surface area contributed by atoms with Crippen LogP contribution < -0.4 is 9.47 Å². The summed E-state index contributed by atoms with van der Waals surface area (Å²) in [6.07, 6.45) is 0.358. The Morgan fingerprint density at radius 2 is 1.75 bits per heavy atom. The van der Waals surface area contributed by atoms with Gasteiger partial charge < -0.3 is 14.4 Å². The molecule has 6 nitrogen and oxygen atoms in total. The van der Waals surface area contributed by atoms with Gasteiger partial charge in [0.2, 0.25) is 5.91 Å². The Kier molecular flexibility index (Phi) is 7.29. The summed E-state index contributed by atoms with van der Waals surface area (Å²) in [6, 6.07) is 13.4. The van der Waals surface area contributed by atoms with Crippen LogP contribution in [0, 0.1) is 0 Å². The first-order valence-electron chi connectivity index (χ1n) is 10.5. The molecule has 168 valence electrons. The van der Waals surface area contributed by atoms with E-state index in [1.54, 1.807) is 25.6 Å². The van der Waals surface area contributed by atoms with Gasteiger partial charge in [-0.05, 0) is 29.8 Å². The summed E-state index contributed by atoms with van der Waals surface area (Å²) in [6.45, 7) is 3.93. The summed E-state index contributed by atoms with van der Waals surface area (Å²) in [7, 11) is 3.20. The number of methoxy groups -OCH3 is 2. The average molecular weight is 472 g/mol. The maximum Gasteiger partial charge on any atom is 0.227 e. The molecule has 1 aromatic heterocycles. The molecule has 0 bridgehead atoms. The van der Waals surface area contributed by atoms with Crippen LogP contribution in [-0.4, -0.2) is 61.1 Å². The lowest BCUT2D eigenvalue weighted by Crippen LogP contribution is -2.48. The molecule has 0 N–H and O–H groups in total. The summed E-state index contributed by atoms with van der Waals surface area (Å²) in [5.74, 6) is 1.44. The van der Waals surface area contributed by atoms with E-state index in [4.69, 9.17) is 26.1 Å². The van der Waals surface area contributed by atoms with Gasteiger partial charge >= 0.3 is 0 Å². The molecule has 2 aromatic carbocycles. The topological polar surface area (TPSA) is 54.9 Å². The minimum absolute atomic E-state index is 0.135. The number of amides is 1. The molecule has 3 aromatic rings. The summed E-state index contributed by atoms with van der Waals surface area (Å²) in [5.41, 5.74) is 2.97. The Morgan fingerprint density at radius 1 is 1.03 bits per heavy atom. The van der Waals surface area contributed by atoms with Crippen molar-refractivity contribution in [3.8, 4) is 22.8 Å². The second-order valence-electron chi connectivity index (χ2n) is 7.66. The summed E-state index contributed by atoms with van der Waals surface area (Å²) < 4.78 is 10.6. The highest BCUT2D eigenvalue weighted by atomic mass is 35.5. The van der Waals surface area contributed by atoms with Crippen LogP contribution >= 0.6 is 22.9 Å². The number of rotatable bonds is 7. The lowest BCUT2D eigenvalue weighted by Gasteiger charge is -2.34. The molecule has 0 unspecified atom stereocenters. The van der Waals surface area contributed by atoms with Crippen molar-refractivity contribution in [1.29, 1.82) is 0 Å². The molecule has 0 spiro atoms. The van der Waals surface area contributed by atoms with Gasteiger partial charge in [-0.1, -0.05) is 29.8 Å². The fourth-order valence-electron chi connectivity index (χ4n) is 3.76. The quantitative estimate of drug-likeness (QED) is 0.512. The molecule has 1 aliphatic rings. The first-order chi connectivity index (χ1) is 15.6. The highest BCUT2D eigenvalue weighted by molar-refractivity contribution is 7.09. The van der Waals surface area contributed by atoms with Crippen LogP contribution in [0.2, 0.25) is 5.02 Å². The maximum absolute atomic E-state index is 12.8. The molecule has 32 heavy (non-hydrogen) atoms. The number of piperazine rings is 1. The van der Waals surface area contributed by atoms with Crippen LogP contribution in [0.4, 0.5) is 0 Å². The normalized spacial score (nSPS) is 14.4. The molecular formula is C24H26ClN3O3S. The van der Waals surface area contributed by atoms with Crippen LogP contribution in [-0.2, 0) is 17.8 Å². The van der Waals surface area contributed by atoms with Crippen molar-refractivity contribution in [3.05, 3.63) is 63.4 Å². The molecule has 0 atom stereocenters. The number of thiazole rings is 1. The number of benzene rings is 2. The number of nitrogens with zero attached hydrogens (tertiary/aromatic N) is 3. The van der Waals surface area contributed by atoms with Crippen LogP contribution in [0.15, 0.2) is 47.8 Å². The van der Waals surface area contributed by atoms with Gasteiger partial charge in [0.25, 0.3) is 0 Å². The van der Waals surface area contributed by atoms with Crippen LogP contribution in [0.25, 0.3) is 11.3 Å². The highest BCUT2D eigenvalue weighted by Gasteiger charge is 2.22. The molecule has 1 saturated heterocycles. The molecular weight excluding hydrogens is 446 g/mol. The van der Waals surface area contributed by atoms with Gasteiger partial charge in [-0.15, -0.1) is 11.3 Å². The van der Waals surface area contributed by atoms with E-state index in [9.17, 15) is 4.79 Å². The Bertz CT molecular complexity index is 1060. The lowest BCUT2D eigenvalue weighted by molar-refractivity contribution is -0.132. The average Bonchev–Trinajstić information content (AvgIpc) is 3.28. The molecule has 1 aliphatic heterocycles. The van der Waals surface area contributed by atoms with Gasteiger partial charge in [0.15, 0.2) is 11.5 Å². The van der Waals surface area contributed by atoms with E-state index in [0.717, 1.165) is 59.6 Å². The van der Waals surface area contributed by atoms with E-state index in [2.05, 4.69) is 10.3 Å². The van der Waals surface area contributed by atoms with Crippen molar-refractivity contribution in [3.63, 3.8) is 0 Å². The monoisotopic (exact) mass is 471 g/mol. The fourth-order valence-corrected chi connectivity index (χ4v) is 4.73. The number of hydrogen-bond acceptors (Lipinski definition) is 6. The van der Waals surface area contributed by atoms with E-state index in [0.29, 0.717) is 17.9 Å². The van der Waals surface area contributed by atoms with E-state index in [1.165, 1.54) is 0 Å². The van der Waals surface area contributed by atoms with E-state index >= 15 is 0 Å². The molecule has 8 heteroatoms. The van der Waals surface area contributed by atoms with Crippen LogP contribution in [0.5, 0.6) is 11.5 Å². The van der Waals surface area contributed by atoms with E-state index in [1.807, 2.05) is 47.4 Å². The number of halogens is 1. The van der Waals surface area contributed by atoms with Gasteiger partial charge in [-0.3, -0.25) is 9.69 Å². The molecule has 0 saturated carbocycles. The van der Waals surface area contributed by atoms with Crippen molar-refractivity contribution in [2.75, 3.05) is 40.4 Å². The van der Waals surface area contributed by atoms with Crippen molar-refractivity contribution in [2.24, 2.45) is 0 Å². The first kappa shape index (κ1) is 22.6. The minimum Gasteiger partial charge on any atom is -0.493 e. The Morgan fingerprint density at radius 3 is 2.44 bits per heavy atom. The van der Waals surface area contributed by atoms with Crippen molar-refractivity contribution >= 4 is 28.8 Å². The molecule has 1 fully saturated rings. The van der Waals surface area contributed by atoms with Crippen LogP contribution in [0.1, 0.15) is 10.6 Å². The number of hydrogen-bond donors (Lipinski definition) is 0. The van der Waals surface area contributed by atoms with Gasteiger partial charge in [0.1, 0.15) is 5.01 Å². The zero-order valence-electron chi connectivity index (χ0n) is 18.2. The number of aromatic nitrogens is 1. The van der Waals surface area contributed by atoms with Gasteiger partial charge in [-0.25, -0.2) is 4.98 Å². The molecule has 0 aliphatic carbocycles. The Labute approximate surface area is 197 Å². The van der Waals surface area contributed by atoms with Gasteiger partial charge in [0, 0.05) is 42.1 Å². The second-order valence-corrected chi connectivity index (χ2v) is 9.04. The predicted octanol–water partition coefficient (Wildman–Crippen LogP) is 4.37. The van der Waals surface area contributed by atoms with E-state index in [-0.39, 0.29) is 5.91 Å². The third-order valence-electron chi connectivity index (χ3n) is 5.58. The minimum atomic E-state index is 0.135. The number of carbonyl (C=O) groups excluding carboxylic acids is 1. The van der Waals surface area contributed by atoms with Gasteiger partial charge in [0.05, 0.1) is 32.9 Å². The van der Waals surface area contributed by atoms with E-state index < -0.39 is 0 Å². The molecule has 4 rings (SSSR count). The number of carbonyl (C=O) groups is 1. The molecule has 1 amide bonds. The van der Waals surface area contributed by atoms with Crippen molar-refractivity contribution in [2.45, 2.75) is 13.0 Å². The third-order valence-corrected chi connectivity index (χ3v) is 6.66. The zero-order valence-corrected chi connectivity index (χ0v) is 19.8. The predicted molar refractivity (Wildman–Crippen MR) is 128 cm³/mol. The second kappa shape index (κ2) is 10.3. The van der Waals surface area contributed by atoms with Crippen molar-refractivity contribution in [1.82, 2.24) is 14.8 Å². The third kappa shape index (κ3) is 5.41. The smallest absolute Gasteiger partial charge is 0.227 e. The summed E-state index contributed by atoms with van der Waals surface area (Å²) in [4.78, 5) is 21.9. The Balaban J connectivity index is 1.29. The van der Waals surface area contributed by atoms with Gasteiger partial charge in [-0.2, -0.15) is 0 Å². The maximum atomic E-state index is 12.8. The van der Waals surface area contributed by atoms with Crippen molar-refractivity contribution < 1.29 is 14.3 Å². The van der Waals surface area contributed by atoms with Crippen LogP contribution in [0.3, 0.4) is 0 Å². The fraction of sp³-hybridized carbons (Fsp3) is 0.333. The first-order valence-corrected chi connectivity index (χ1v) is 11.7. The summed E-state index contributed by atoms with van der Waals surface area (Å²) in [5, 5.41) is 3.89. The Hall–Kier alpha value is -2.61. The summed E-state index contributed by atoms with van der Waals surface area (Å²) >= 11 is 7.64.